The number of aromatic carboxylic acids is 1. The molecule has 21 heavy (non-hydrogen) atoms. The number of hydrogen-bond donors (Lipinski definition) is 2. The first-order chi connectivity index (χ1) is 10.1. The van der Waals surface area contributed by atoms with E-state index >= 15 is 0 Å². The Morgan fingerprint density at radius 3 is 2.33 bits per heavy atom. The summed E-state index contributed by atoms with van der Waals surface area (Å²) in [5, 5.41) is 11.5. The number of fused-ring (bicyclic) bond motifs is 1. The van der Waals surface area contributed by atoms with E-state index in [9.17, 15) is 9.59 Å². The number of carbonyl (C=O) groups is 2. The monoisotopic (exact) mass is 299 g/mol. The summed E-state index contributed by atoms with van der Waals surface area (Å²) in [4.78, 5) is 22.9. The summed E-state index contributed by atoms with van der Waals surface area (Å²) in [6.07, 6.45) is 0. The van der Waals surface area contributed by atoms with E-state index in [0.29, 0.717) is 16.8 Å². The number of rotatable bonds is 3. The zero-order valence-corrected chi connectivity index (χ0v) is 11.4. The molecular formula is C14H9N3O3S. The highest BCUT2D eigenvalue weighted by Crippen LogP contribution is 2.16. The number of aromatic nitrogens is 2. The summed E-state index contributed by atoms with van der Waals surface area (Å²) >= 11 is 1.09. The number of hydrogen-bond acceptors (Lipinski definition) is 5. The Balaban J connectivity index is 1.80. The molecule has 0 aliphatic heterocycles. The molecular weight excluding hydrogens is 290 g/mol. The molecule has 7 heteroatoms. The minimum atomic E-state index is -1.01. The van der Waals surface area contributed by atoms with Gasteiger partial charge in [-0.05, 0) is 42.5 Å². The van der Waals surface area contributed by atoms with Crippen molar-refractivity contribution in [2.45, 2.75) is 0 Å². The van der Waals surface area contributed by atoms with Gasteiger partial charge in [0.15, 0.2) is 0 Å². The van der Waals surface area contributed by atoms with Crippen molar-refractivity contribution >= 4 is 40.3 Å². The molecule has 3 aromatic rings. The Labute approximate surface area is 123 Å². The Morgan fingerprint density at radius 2 is 1.62 bits per heavy atom. The molecule has 1 aromatic heterocycles. The third-order valence-electron chi connectivity index (χ3n) is 2.91. The van der Waals surface area contributed by atoms with Gasteiger partial charge in [0.2, 0.25) is 0 Å². The molecule has 0 atom stereocenters. The maximum atomic E-state index is 12.1. The molecule has 0 radical (unpaired) electrons. The highest BCUT2D eigenvalue weighted by atomic mass is 32.1. The number of carboxylic acid groups (broad SMARTS) is 1. The lowest BCUT2D eigenvalue weighted by molar-refractivity contribution is 0.0696. The fourth-order valence-corrected chi connectivity index (χ4v) is 2.34. The molecule has 0 spiro atoms. The maximum Gasteiger partial charge on any atom is 0.335 e. The van der Waals surface area contributed by atoms with Gasteiger partial charge in [0.05, 0.1) is 17.3 Å². The maximum absolute atomic E-state index is 12.1. The van der Waals surface area contributed by atoms with Crippen LogP contribution in [-0.2, 0) is 0 Å². The van der Waals surface area contributed by atoms with Crippen LogP contribution in [0.3, 0.4) is 0 Å². The first kappa shape index (κ1) is 13.2. The van der Waals surface area contributed by atoms with Gasteiger partial charge >= 0.3 is 5.97 Å². The summed E-state index contributed by atoms with van der Waals surface area (Å²) < 4.78 is 8.16. The molecule has 1 heterocycles. The van der Waals surface area contributed by atoms with Crippen LogP contribution in [-0.4, -0.2) is 25.7 Å². The molecule has 2 N–H and O–H groups in total. The van der Waals surface area contributed by atoms with Gasteiger partial charge in [-0.1, -0.05) is 0 Å². The smallest absolute Gasteiger partial charge is 0.335 e. The number of anilines is 1. The molecule has 6 nitrogen and oxygen atoms in total. The van der Waals surface area contributed by atoms with Gasteiger partial charge in [-0.3, -0.25) is 4.79 Å². The minimum Gasteiger partial charge on any atom is -0.478 e. The first-order valence-electron chi connectivity index (χ1n) is 6.00. The fraction of sp³-hybridized carbons (Fsp3) is 0. The number of nitrogens with one attached hydrogen (secondary N) is 1. The summed E-state index contributed by atoms with van der Waals surface area (Å²) in [5.41, 5.74) is 2.60. The van der Waals surface area contributed by atoms with Gasteiger partial charge in [-0.2, -0.15) is 8.75 Å². The second kappa shape index (κ2) is 5.29. The van der Waals surface area contributed by atoms with Crippen molar-refractivity contribution in [3.8, 4) is 0 Å². The van der Waals surface area contributed by atoms with Crippen molar-refractivity contribution in [1.29, 1.82) is 0 Å². The molecule has 104 valence electrons. The average Bonchev–Trinajstić information content (AvgIpc) is 2.95. The van der Waals surface area contributed by atoms with Crippen LogP contribution in [0.15, 0.2) is 42.5 Å². The van der Waals surface area contributed by atoms with Crippen molar-refractivity contribution in [3.63, 3.8) is 0 Å². The van der Waals surface area contributed by atoms with Gasteiger partial charge in [-0.25, -0.2) is 4.79 Å². The van der Waals surface area contributed by atoms with Crippen LogP contribution in [0.5, 0.6) is 0 Å². The molecule has 0 saturated carbocycles. The van der Waals surface area contributed by atoms with Gasteiger partial charge in [0.1, 0.15) is 11.0 Å². The topological polar surface area (TPSA) is 92.2 Å². The van der Waals surface area contributed by atoms with Crippen LogP contribution in [0, 0.1) is 0 Å². The normalized spacial score (nSPS) is 10.5. The van der Waals surface area contributed by atoms with Crippen molar-refractivity contribution in [2.75, 3.05) is 5.32 Å². The molecule has 0 fully saturated rings. The average molecular weight is 299 g/mol. The number of benzene rings is 2. The van der Waals surface area contributed by atoms with E-state index in [1.54, 1.807) is 30.3 Å². The van der Waals surface area contributed by atoms with Crippen molar-refractivity contribution in [1.82, 2.24) is 8.75 Å². The minimum absolute atomic E-state index is 0.169. The fourth-order valence-electron chi connectivity index (χ4n) is 1.82. The van der Waals surface area contributed by atoms with E-state index in [1.807, 2.05) is 0 Å². The molecule has 0 aliphatic carbocycles. The molecule has 1 amide bonds. The third-order valence-corrected chi connectivity index (χ3v) is 3.46. The number of nitrogens with zero attached hydrogens (tertiary/aromatic N) is 2. The highest BCUT2D eigenvalue weighted by molar-refractivity contribution is 7.00. The second-order valence-electron chi connectivity index (χ2n) is 4.30. The van der Waals surface area contributed by atoms with Crippen LogP contribution in [0.2, 0.25) is 0 Å². The van der Waals surface area contributed by atoms with E-state index < -0.39 is 5.97 Å². The predicted octanol–water partition coefficient (Wildman–Crippen LogP) is 2.64. The van der Waals surface area contributed by atoms with Crippen molar-refractivity contribution in [2.24, 2.45) is 0 Å². The lowest BCUT2D eigenvalue weighted by Gasteiger charge is -2.05. The van der Waals surface area contributed by atoms with Crippen LogP contribution in [0.25, 0.3) is 11.0 Å². The van der Waals surface area contributed by atoms with Crippen LogP contribution < -0.4 is 5.32 Å². The zero-order chi connectivity index (χ0) is 14.8. The third kappa shape index (κ3) is 2.72. The SMILES string of the molecule is O=C(O)c1ccc(NC(=O)c2ccc3nsnc3c2)cc1. The molecule has 0 unspecified atom stereocenters. The Hall–Kier alpha value is -2.80. The van der Waals surface area contributed by atoms with E-state index in [0.717, 1.165) is 17.2 Å². The number of carboxylic acids is 1. The Kier molecular flexibility index (Phi) is 3.33. The van der Waals surface area contributed by atoms with Crippen LogP contribution >= 0.6 is 11.7 Å². The Morgan fingerprint density at radius 1 is 0.952 bits per heavy atom. The molecule has 0 bridgehead atoms. The second-order valence-corrected chi connectivity index (χ2v) is 4.83. The molecule has 3 rings (SSSR count). The van der Waals surface area contributed by atoms with E-state index in [4.69, 9.17) is 5.11 Å². The lowest BCUT2D eigenvalue weighted by atomic mass is 10.1. The summed E-state index contributed by atoms with van der Waals surface area (Å²) in [6, 6.07) is 11.0. The van der Waals surface area contributed by atoms with Crippen molar-refractivity contribution < 1.29 is 14.7 Å². The summed E-state index contributed by atoms with van der Waals surface area (Å²) in [7, 11) is 0. The lowest BCUT2D eigenvalue weighted by Crippen LogP contribution is -2.11. The van der Waals surface area contributed by atoms with Gasteiger partial charge in [0.25, 0.3) is 5.91 Å². The van der Waals surface area contributed by atoms with Gasteiger partial charge in [-0.15, -0.1) is 0 Å². The standard InChI is InChI=1S/C14H9N3O3S/c18-13(9-3-6-11-12(7-9)17-21-16-11)15-10-4-1-8(2-5-10)14(19)20/h1-7H,(H,15,18)(H,19,20). The van der Waals surface area contributed by atoms with Crippen LogP contribution in [0.4, 0.5) is 5.69 Å². The summed E-state index contributed by atoms with van der Waals surface area (Å²) in [6.45, 7) is 0. The zero-order valence-electron chi connectivity index (χ0n) is 10.6. The van der Waals surface area contributed by atoms with Crippen molar-refractivity contribution in [3.05, 3.63) is 53.6 Å². The Bertz CT molecular complexity index is 827. The first-order valence-corrected chi connectivity index (χ1v) is 6.73. The highest BCUT2D eigenvalue weighted by Gasteiger charge is 2.09. The summed E-state index contributed by atoms with van der Waals surface area (Å²) in [5.74, 6) is -1.29. The number of carbonyl (C=O) groups excluding carboxylic acids is 1. The van der Waals surface area contributed by atoms with Crippen LogP contribution in [0.1, 0.15) is 20.7 Å². The quantitative estimate of drug-likeness (QED) is 0.775. The predicted molar refractivity (Wildman–Crippen MR) is 78.8 cm³/mol. The van der Waals surface area contributed by atoms with Gasteiger partial charge < -0.3 is 10.4 Å². The molecule has 0 aliphatic rings. The van der Waals surface area contributed by atoms with E-state index in [1.165, 1.54) is 12.1 Å². The number of amides is 1. The van der Waals surface area contributed by atoms with E-state index in [-0.39, 0.29) is 11.5 Å². The largest absolute Gasteiger partial charge is 0.478 e. The molecule has 0 saturated heterocycles. The van der Waals surface area contributed by atoms with Gasteiger partial charge in [0, 0.05) is 11.3 Å². The molecule has 2 aromatic carbocycles. The van der Waals surface area contributed by atoms with E-state index in [2.05, 4.69) is 14.1 Å².